The van der Waals surface area contributed by atoms with Gasteiger partial charge >= 0.3 is 5.97 Å². The molecular formula is C58H70Br4Cl3N19O9. The van der Waals surface area contributed by atoms with E-state index in [0.717, 1.165) is 12.8 Å². The van der Waals surface area contributed by atoms with Gasteiger partial charge in [-0.05, 0) is 126 Å². The molecule has 0 aliphatic heterocycles. The van der Waals surface area contributed by atoms with Gasteiger partial charge in [0.1, 0.15) is 43.9 Å². The number of Topliss-reactive ketones (excluding diaryl/α,β-unsaturated/α-hetero) is 2. The smallest absolute Gasteiger partial charge is 0.325 e. The summed E-state index contributed by atoms with van der Waals surface area (Å²) in [6, 6.07) is 15.1. The minimum Gasteiger partial charge on any atom is -0.480 e. The van der Waals surface area contributed by atoms with E-state index in [2.05, 4.69) is 124 Å². The first-order valence-corrected chi connectivity index (χ1v) is 31.3. The molecular weight excluding hydrogens is 1530 g/mol. The number of carbonyl (C=O) groups is 8. The first-order valence-electron chi connectivity index (χ1n) is 26.7. The van der Waals surface area contributed by atoms with Gasteiger partial charge < -0.3 is 43.6 Å². The number of fused-ring (bicyclic) bond motifs is 2. The molecule has 500 valence electrons. The SMILES string of the molecule is C.C.C.NC(=O)c1nn(CC(=O)N(CC(=O)Nc2cncc(Br)n2)C2CC2)c2ccccc12.NC(=O)c1nn(CC(=O)O)c2ccccc12.NC1CC1.Nc1cncc(Br)n1.O=C(CCl)Cc1cncc(Br)n1.O=C(CNC1CC1)Cc1cncc(Br)n1.O=C(Cl)CCl. The van der Waals surface area contributed by atoms with E-state index < -0.39 is 23.0 Å². The van der Waals surface area contributed by atoms with Gasteiger partial charge in [0.2, 0.25) is 17.1 Å². The zero-order chi connectivity index (χ0) is 65.9. The normalized spacial score (nSPS) is 12.1. The van der Waals surface area contributed by atoms with Crippen LogP contribution in [0.3, 0.4) is 0 Å². The van der Waals surface area contributed by atoms with E-state index in [0.29, 0.717) is 88.3 Å². The lowest BCUT2D eigenvalue weighted by Gasteiger charge is -2.22. The van der Waals surface area contributed by atoms with Crippen molar-refractivity contribution >= 4 is 178 Å². The molecule has 3 fully saturated rings. The van der Waals surface area contributed by atoms with Crippen molar-refractivity contribution in [1.82, 2.24) is 69.6 Å². The van der Waals surface area contributed by atoms with Crippen molar-refractivity contribution in [2.24, 2.45) is 17.2 Å². The van der Waals surface area contributed by atoms with Gasteiger partial charge in [-0.1, -0.05) is 58.7 Å². The van der Waals surface area contributed by atoms with Crippen molar-refractivity contribution in [1.29, 1.82) is 0 Å². The Labute approximate surface area is 584 Å². The summed E-state index contributed by atoms with van der Waals surface area (Å²) in [7, 11) is 0. The van der Waals surface area contributed by atoms with E-state index in [-0.39, 0.29) is 101 Å². The van der Waals surface area contributed by atoms with Crippen LogP contribution in [0.2, 0.25) is 0 Å². The molecule has 3 saturated carbocycles. The van der Waals surface area contributed by atoms with E-state index in [1.807, 2.05) is 0 Å². The summed E-state index contributed by atoms with van der Waals surface area (Å²) >= 11 is 27.6. The predicted octanol–water partition coefficient (Wildman–Crippen LogP) is 8.06. The molecule has 0 saturated heterocycles. The summed E-state index contributed by atoms with van der Waals surface area (Å²) in [5, 5.41) is 23.3. The number of carbonyl (C=O) groups excluding carboxylic acids is 7. The number of hydrogen-bond donors (Lipinski definition) is 7. The number of aromatic nitrogens is 12. The number of nitrogens with one attached hydrogen (secondary N) is 2. The van der Waals surface area contributed by atoms with Crippen LogP contribution in [-0.2, 0) is 54.7 Å². The number of benzene rings is 2. The first kappa shape index (κ1) is 81.7. The zero-order valence-electron chi connectivity index (χ0n) is 47.4. The number of carboxylic acid groups (broad SMARTS) is 1. The largest absolute Gasteiger partial charge is 0.480 e. The average Bonchev–Trinajstić information content (AvgIpc) is 1.66. The molecule has 0 atom stereocenters. The third kappa shape index (κ3) is 30.9. The number of ketones is 2. The van der Waals surface area contributed by atoms with E-state index in [1.165, 1.54) is 58.5 Å². The number of amides is 4. The Hall–Kier alpha value is -7.43. The maximum absolute atomic E-state index is 13.0. The number of anilines is 2. The Balaban J connectivity index is 0.000000402. The molecule has 2 aromatic carbocycles. The lowest BCUT2D eigenvalue weighted by molar-refractivity contribution is -0.138. The van der Waals surface area contributed by atoms with E-state index >= 15 is 0 Å². The van der Waals surface area contributed by atoms with Gasteiger partial charge in [0.05, 0.1) is 90.7 Å². The number of carboxylic acids is 1. The summed E-state index contributed by atoms with van der Waals surface area (Å²) in [5.74, 6) is -2.23. The van der Waals surface area contributed by atoms with Crippen molar-refractivity contribution in [2.75, 3.05) is 35.9 Å². The van der Waals surface area contributed by atoms with Gasteiger partial charge in [-0.2, -0.15) is 10.2 Å². The molecule has 0 spiro atoms. The number of primary amides is 2. The number of para-hydroxylation sites is 2. The number of aliphatic carboxylic acids is 1. The Morgan fingerprint density at radius 2 is 1.04 bits per heavy atom. The summed E-state index contributed by atoms with van der Waals surface area (Å²) in [6.07, 6.45) is 19.5. The highest BCUT2D eigenvalue weighted by molar-refractivity contribution is 9.11. The molecule has 4 amide bonds. The molecule has 6 heterocycles. The molecule has 8 aromatic rings. The van der Waals surface area contributed by atoms with Crippen LogP contribution in [0.15, 0.2) is 117 Å². The highest BCUT2D eigenvalue weighted by atomic mass is 79.9. The zero-order valence-corrected chi connectivity index (χ0v) is 56.0. The van der Waals surface area contributed by atoms with Crippen LogP contribution in [0.1, 0.15) is 93.2 Å². The number of halogens is 7. The number of hydrogen-bond acceptors (Lipinski definition) is 21. The van der Waals surface area contributed by atoms with Gasteiger partial charge in [0.15, 0.2) is 28.8 Å². The monoisotopic (exact) mass is 1600 g/mol. The third-order valence-corrected chi connectivity index (χ3v) is 13.9. The second kappa shape index (κ2) is 42.0. The van der Waals surface area contributed by atoms with Crippen LogP contribution in [0, 0.1) is 0 Å². The maximum atomic E-state index is 13.0. The molecule has 3 aliphatic rings. The topological polar surface area (TPSA) is 427 Å². The standard InChI is InChI=1S/C19H18BrN7O3.C10H12BrN3O.C10H9N3O3.C7H6BrClN2O.C4H4BrN3.C3H7N.C2H2Cl2O.3CH4/c20-14-7-22-8-15(23-14)24-16(28)9-26(11-5-6-11)17(29)10-27-13-4-2-1-3-12(13)18(25-27)19(21)30;11-10-6-12-4-8(14-10)3-9(15)5-13-7-1-2-7;11-10(16)9-6-3-1-2-4-7(6)13(12-9)5-8(14)15;8-7-4-10-3-5(11-7)1-6(12)2-9;5-3-1-7-2-4(6)8-3;4-3-1-2-3;3-1-2(4)5;;;/h1-4,7-8,11H,5-6,9-10H2,(H2,21,30)(H,23,24,28);4,6-7,13H,1-3,5H2;1-4H,5H2,(H2,11,16)(H,14,15);3-4H,1-2H2;1-2H,(H2,6,8);3H,1-2,4H2;1H2;3*1H4. The average molecular weight is 1600 g/mol. The molecule has 0 bridgehead atoms. The Kier molecular flexibility index (Phi) is 36.9. The molecule has 3 aliphatic carbocycles. The van der Waals surface area contributed by atoms with Gasteiger partial charge in [0, 0.05) is 41.3 Å². The van der Waals surface area contributed by atoms with Crippen molar-refractivity contribution in [3.8, 4) is 0 Å². The number of alkyl halides is 2. The second-order valence-electron chi connectivity index (χ2n) is 19.2. The van der Waals surface area contributed by atoms with Crippen LogP contribution in [-0.4, -0.2) is 159 Å². The summed E-state index contributed by atoms with van der Waals surface area (Å²) in [4.78, 5) is 124. The van der Waals surface area contributed by atoms with Crippen molar-refractivity contribution < 1.29 is 43.5 Å². The fourth-order valence-corrected chi connectivity index (χ4v) is 8.61. The lowest BCUT2D eigenvalue weighted by Crippen LogP contribution is -2.41. The molecule has 35 heteroatoms. The summed E-state index contributed by atoms with van der Waals surface area (Å²) < 4.78 is 5.15. The Morgan fingerprint density at radius 1 is 0.602 bits per heavy atom. The Bertz CT molecular complexity index is 3770. The molecule has 11 N–H and O–H groups in total. The fraction of sp³-hybridized carbons (Fsp3) is 0.345. The van der Waals surface area contributed by atoms with Crippen LogP contribution in [0.5, 0.6) is 0 Å². The quantitative estimate of drug-likeness (QED) is 0.0297. The number of rotatable bonds is 19. The van der Waals surface area contributed by atoms with Crippen molar-refractivity contribution in [2.45, 2.75) is 105 Å². The van der Waals surface area contributed by atoms with Crippen molar-refractivity contribution in [3.63, 3.8) is 0 Å². The minimum atomic E-state index is -1.02. The molecule has 0 unspecified atom stereocenters. The highest BCUT2D eigenvalue weighted by Crippen LogP contribution is 2.28. The third-order valence-electron chi connectivity index (χ3n) is 11.6. The highest BCUT2D eigenvalue weighted by Gasteiger charge is 2.34. The molecule has 93 heavy (non-hydrogen) atoms. The van der Waals surface area contributed by atoms with Gasteiger partial charge in [0.25, 0.3) is 11.8 Å². The second-order valence-corrected chi connectivity index (χ2v) is 23.4. The van der Waals surface area contributed by atoms with Gasteiger partial charge in [-0.3, -0.25) is 67.7 Å². The molecule has 28 nitrogen and oxygen atoms in total. The molecule has 6 aromatic heterocycles. The number of nitrogens with two attached hydrogens (primary N) is 4. The predicted molar refractivity (Wildman–Crippen MR) is 369 cm³/mol. The van der Waals surface area contributed by atoms with Crippen LogP contribution >= 0.6 is 98.5 Å². The van der Waals surface area contributed by atoms with Gasteiger partial charge in [-0.15, -0.1) is 23.2 Å². The first-order chi connectivity index (χ1) is 42.9. The fourth-order valence-electron chi connectivity index (χ4n) is 7.20. The van der Waals surface area contributed by atoms with Crippen LogP contribution < -0.4 is 33.6 Å². The van der Waals surface area contributed by atoms with E-state index in [1.54, 1.807) is 79.5 Å². The van der Waals surface area contributed by atoms with E-state index in [9.17, 15) is 38.4 Å². The number of nitrogen functional groups attached to an aromatic ring is 1. The van der Waals surface area contributed by atoms with Crippen LogP contribution in [0.4, 0.5) is 11.6 Å². The Morgan fingerprint density at radius 3 is 1.43 bits per heavy atom. The minimum absolute atomic E-state index is 0. The molecule has 11 rings (SSSR count). The van der Waals surface area contributed by atoms with E-state index in [4.69, 9.17) is 62.8 Å². The lowest BCUT2D eigenvalue weighted by atomic mass is 10.2. The summed E-state index contributed by atoms with van der Waals surface area (Å²) in [5.41, 5.74) is 23.8. The maximum Gasteiger partial charge on any atom is 0.325 e. The van der Waals surface area contributed by atoms with Crippen molar-refractivity contribution in [3.05, 3.63) is 139 Å². The summed E-state index contributed by atoms with van der Waals surface area (Å²) in [6.45, 7) is -0.0690. The molecule has 0 radical (unpaired) electrons. The number of nitrogens with zero attached hydrogens (tertiary/aromatic N) is 13. The van der Waals surface area contributed by atoms with Crippen LogP contribution in [0.25, 0.3) is 21.8 Å². The van der Waals surface area contributed by atoms with Gasteiger partial charge in [-0.25, -0.2) is 19.9 Å².